The zero-order chi connectivity index (χ0) is 22.3. The van der Waals surface area contributed by atoms with Gasteiger partial charge in [0.2, 0.25) is 0 Å². The standard InChI is InChI=1S/C25H25N5OS/c1-2-3-10-28-25(31)24-12-20-11-21(8-9-23(20)32-24)29-15-22-14-27-17-30(22)16-19-6-4-18(13-26)5-7-19/h4-9,11-12,14,17,29H,2-3,10,15-16H2,1H3,(H,28,31). The van der Waals surface area contributed by atoms with Gasteiger partial charge < -0.3 is 15.2 Å². The fraction of sp³-hybridized carbons (Fsp3) is 0.240. The van der Waals surface area contributed by atoms with Crippen molar-refractivity contribution in [2.45, 2.75) is 32.9 Å². The van der Waals surface area contributed by atoms with E-state index in [0.29, 0.717) is 25.2 Å². The predicted molar refractivity (Wildman–Crippen MR) is 129 cm³/mol. The Labute approximate surface area is 191 Å². The van der Waals surface area contributed by atoms with Gasteiger partial charge in [0, 0.05) is 29.7 Å². The Kier molecular flexibility index (Phi) is 6.83. The van der Waals surface area contributed by atoms with Gasteiger partial charge in [-0.2, -0.15) is 5.26 Å². The van der Waals surface area contributed by atoms with Gasteiger partial charge in [0.05, 0.1) is 35.1 Å². The van der Waals surface area contributed by atoms with Crippen LogP contribution in [0.15, 0.2) is 61.1 Å². The Bertz CT molecular complexity index is 1250. The highest BCUT2D eigenvalue weighted by molar-refractivity contribution is 7.20. The third-order valence-corrected chi connectivity index (χ3v) is 6.38. The lowest BCUT2D eigenvalue weighted by Gasteiger charge is -2.10. The molecule has 0 saturated heterocycles. The van der Waals surface area contributed by atoms with Gasteiger partial charge >= 0.3 is 0 Å². The molecule has 2 N–H and O–H groups in total. The van der Waals surface area contributed by atoms with Crippen molar-refractivity contribution >= 4 is 33.0 Å². The molecule has 32 heavy (non-hydrogen) atoms. The van der Waals surface area contributed by atoms with Crippen molar-refractivity contribution in [2.24, 2.45) is 0 Å². The number of rotatable bonds is 9. The monoisotopic (exact) mass is 443 g/mol. The quantitative estimate of drug-likeness (QED) is 0.350. The second-order valence-corrected chi connectivity index (χ2v) is 8.73. The van der Waals surface area contributed by atoms with E-state index in [0.717, 1.165) is 44.7 Å². The molecule has 0 radical (unpaired) electrons. The molecule has 2 aromatic heterocycles. The minimum atomic E-state index is 0.000800. The second-order valence-electron chi connectivity index (χ2n) is 7.65. The molecule has 0 aliphatic rings. The van der Waals surface area contributed by atoms with Gasteiger partial charge in [0.1, 0.15) is 0 Å². The van der Waals surface area contributed by atoms with Crippen LogP contribution >= 0.6 is 11.3 Å². The van der Waals surface area contributed by atoms with Crippen LogP contribution in [0.4, 0.5) is 5.69 Å². The first kappa shape index (κ1) is 21.6. The normalized spacial score (nSPS) is 10.8. The number of fused-ring (bicyclic) bond motifs is 1. The number of amides is 1. The van der Waals surface area contributed by atoms with E-state index < -0.39 is 0 Å². The van der Waals surface area contributed by atoms with Crippen LogP contribution in [0.1, 0.15) is 46.3 Å². The van der Waals surface area contributed by atoms with E-state index in [1.807, 2.05) is 48.9 Å². The van der Waals surface area contributed by atoms with Crippen molar-refractivity contribution < 1.29 is 4.79 Å². The van der Waals surface area contributed by atoms with Gasteiger partial charge in [-0.15, -0.1) is 11.3 Å². The summed E-state index contributed by atoms with van der Waals surface area (Å²) in [5.74, 6) is 0.000800. The molecule has 0 atom stereocenters. The SMILES string of the molecule is CCCCNC(=O)c1cc2cc(NCc3cncn3Cc3ccc(C#N)cc3)ccc2s1. The van der Waals surface area contributed by atoms with Crippen molar-refractivity contribution in [1.82, 2.24) is 14.9 Å². The van der Waals surface area contributed by atoms with Crippen molar-refractivity contribution in [2.75, 3.05) is 11.9 Å². The minimum absolute atomic E-state index is 0.000800. The van der Waals surface area contributed by atoms with Crippen LogP contribution in [0.3, 0.4) is 0 Å². The van der Waals surface area contributed by atoms with E-state index >= 15 is 0 Å². The number of nitriles is 1. The highest BCUT2D eigenvalue weighted by atomic mass is 32.1. The van der Waals surface area contributed by atoms with E-state index in [-0.39, 0.29) is 5.91 Å². The number of hydrogen-bond donors (Lipinski definition) is 2. The lowest BCUT2D eigenvalue weighted by Crippen LogP contribution is -2.23. The summed E-state index contributed by atoms with van der Waals surface area (Å²) < 4.78 is 3.19. The van der Waals surface area contributed by atoms with Gasteiger partial charge in [0.25, 0.3) is 5.91 Å². The van der Waals surface area contributed by atoms with Gasteiger partial charge in [-0.3, -0.25) is 4.79 Å². The van der Waals surface area contributed by atoms with Crippen LogP contribution < -0.4 is 10.6 Å². The van der Waals surface area contributed by atoms with Crippen molar-refractivity contribution in [3.8, 4) is 6.07 Å². The maximum atomic E-state index is 12.3. The predicted octanol–water partition coefficient (Wildman–Crippen LogP) is 5.16. The Morgan fingerprint density at radius 1 is 1.19 bits per heavy atom. The highest BCUT2D eigenvalue weighted by Gasteiger charge is 2.10. The molecule has 6 nitrogen and oxygen atoms in total. The smallest absolute Gasteiger partial charge is 0.261 e. The first-order valence-electron chi connectivity index (χ1n) is 10.7. The number of nitrogens with one attached hydrogen (secondary N) is 2. The van der Waals surface area contributed by atoms with Gasteiger partial charge in [0.15, 0.2) is 0 Å². The first-order valence-corrected chi connectivity index (χ1v) is 11.5. The fourth-order valence-corrected chi connectivity index (χ4v) is 4.40. The zero-order valence-electron chi connectivity index (χ0n) is 18.0. The number of benzene rings is 2. The molecular weight excluding hydrogens is 418 g/mol. The molecule has 4 rings (SSSR count). The van der Waals surface area contributed by atoms with Crippen LogP contribution in [0.5, 0.6) is 0 Å². The Morgan fingerprint density at radius 2 is 2.03 bits per heavy atom. The lowest BCUT2D eigenvalue weighted by atomic mass is 10.1. The third-order valence-electron chi connectivity index (χ3n) is 5.26. The fourth-order valence-electron chi connectivity index (χ4n) is 3.44. The molecule has 4 aromatic rings. The molecular formula is C25H25N5OS. The Hall–Kier alpha value is -3.63. The number of aromatic nitrogens is 2. The molecule has 1 amide bonds. The summed E-state index contributed by atoms with van der Waals surface area (Å²) in [6.45, 7) is 4.16. The molecule has 2 aromatic carbocycles. The summed E-state index contributed by atoms with van der Waals surface area (Å²) in [5, 5.41) is 16.5. The lowest BCUT2D eigenvalue weighted by molar-refractivity contribution is 0.0957. The van der Waals surface area contributed by atoms with Gasteiger partial charge in [-0.05, 0) is 53.8 Å². The summed E-state index contributed by atoms with van der Waals surface area (Å²) in [5.41, 5.74) is 3.84. The number of unbranched alkanes of at least 4 members (excludes halogenated alkanes) is 1. The van der Waals surface area contributed by atoms with Crippen molar-refractivity contribution in [3.05, 3.63) is 82.8 Å². The Morgan fingerprint density at radius 3 is 2.81 bits per heavy atom. The summed E-state index contributed by atoms with van der Waals surface area (Å²) in [7, 11) is 0. The Balaban J connectivity index is 1.40. The maximum absolute atomic E-state index is 12.3. The molecule has 0 bridgehead atoms. The van der Waals surface area contributed by atoms with Gasteiger partial charge in [-0.25, -0.2) is 4.98 Å². The maximum Gasteiger partial charge on any atom is 0.261 e. The number of carbonyl (C=O) groups excluding carboxylic acids is 1. The summed E-state index contributed by atoms with van der Waals surface area (Å²) in [6, 6.07) is 17.9. The number of thiophene rings is 1. The number of anilines is 1. The number of nitrogens with zero attached hydrogens (tertiary/aromatic N) is 3. The minimum Gasteiger partial charge on any atom is -0.379 e. The number of hydrogen-bond acceptors (Lipinski definition) is 5. The zero-order valence-corrected chi connectivity index (χ0v) is 18.8. The van der Waals surface area contributed by atoms with E-state index in [9.17, 15) is 4.79 Å². The van der Waals surface area contributed by atoms with E-state index in [4.69, 9.17) is 5.26 Å². The van der Waals surface area contributed by atoms with Crippen molar-refractivity contribution in [3.63, 3.8) is 0 Å². The molecule has 0 fully saturated rings. The summed E-state index contributed by atoms with van der Waals surface area (Å²) in [6.07, 6.45) is 5.74. The average Bonchev–Trinajstić information content (AvgIpc) is 3.44. The molecule has 0 aliphatic heterocycles. The van der Waals surface area contributed by atoms with Crippen LogP contribution in [0, 0.1) is 11.3 Å². The third kappa shape index (κ3) is 5.16. The van der Waals surface area contributed by atoms with Crippen LogP contribution in [0.25, 0.3) is 10.1 Å². The molecule has 0 saturated carbocycles. The number of carbonyl (C=O) groups is 1. The molecule has 162 valence electrons. The van der Waals surface area contributed by atoms with Crippen molar-refractivity contribution in [1.29, 1.82) is 5.26 Å². The molecule has 7 heteroatoms. The average molecular weight is 444 g/mol. The van der Waals surface area contributed by atoms with Gasteiger partial charge in [-0.1, -0.05) is 25.5 Å². The summed E-state index contributed by atoms with van der Waals surface area (Å²) >= 11 is 1.52. The van der Waals surface area contributed by atoms with Crippen LogP contribution in [-0.2, 0) is 13.1 Å². The summed E-state index contributed by atoms with van der Waals surface area (Å²) in [4.78, 5) is 17.4. The molecule has 2 heterocycles. The first-order chi connectivity index (χ1) is 15.7. The van der Waals surface area contributed by atoms with Crippen LogP contribution in [0.2, 0.25) is 0 Å². The molecule has 0 spiro atoms. The van der Waals surface area contributed by atoms with Crippen LogP contribution in [-0.4, -0.2) is 22.0 Å². The second kappa shape index (κ2) is 10.1. The van der Waals surface area contributed by atoms with E-state index in [1.54, 1.807) is 0 Å². The topological polar surface area (TPSA) is 82.7 Å². The largest absolute Gasteiger partial charge is 0.379 e. The molecule has 0 unspecified atom stereocenters. The van der Waals surface area contributed by atoms with E-state index in [2.05, 4.69) is 45.3 Å². The van der Waals surface area contributed by atoms with E-state index in [1.165, 1.54) is 11.3 Å². The molecule has 0 aliphatic carbocycles. The highest BCUT2D eigenvalue weighted by Crippen LogP contribution is 2.28. The number of imidazole rings is 1.